The van der Waals surface area contributed by atoms with E-state index in [1.165, 1.54) is 20.3 Å². The Bertz CT molecular complexity index is 1050. The van der Waals surface area contributed by atoms with Crippen LogP contribution in [-0.4, -0.2) is 36.9 Å². The van der Waals surface area contributed by atoms with Gasteiger partial charge in [0.05, 0.1) is 30.9 Å². The summed E-state index contributed by atoms with van der Waals surface area (Å²) in [6, 6.07) is 12.6. The normalized spacial score (nSPS) is 12.0. The van der Waals surface area contributed by atoms with Crippen molar-refractivity contribution in [1.29, 1.82) is 0 Å². The molecular weight excluding hydrogens is 432 g/mol. The summed E-state index contributed by atoms with van der Waals surface area (Å²) >= 11 is 0. The highest BCUT2D eigenvalue weighted by Gasteiger charge is 2.19. The van der Waals surface area contributed by atoms with Crippen LogP contribution in [0.1, 0.15) is 71.9 Å². The summed E-state index contributed by atoms with van der Waals surface area (Å²) in [7, 11) is 2.52. The lowest BCUT2D eigenvalue weighted by atomic mass is 9.96. The Morgan fingerprint density at radius 2 is 1.62 bits per heavy atom. The van der Waals surface area contributed by atoms with Gasteiger partial charge in [-0.3, -0.25) is 0 Å². The number of carbonyl (C=O) groups excluding carboxylic acids is 2. The molecule has 0 fully saturated rings. The lowest BCUT2D eigenvalue weighted by Crippen LogP contribution is -2.22. The third-order valence-corrected chi connectivity index (χ3v) is 5.81. The molecule has 0 amide bonds. The predicted molar refractivity (Wildman–Crippen MR) is 133 cm³/mol. The third kappa shape index (κ3) is 7.06. The molecule has 0 saturated carbocycles. The number of esters is 2. The molecular formula is C28H34O6. The van der Waals surface area contributed by atoms with Crippen LogP contribution >= 0.6 is 0 Å². The molecule has 34 heavy (non-hydrogen) atoms. The maximum atomic E-state index is 12.1. The second-order valence-corrected chi connectivity index (χ2v) is 7.89. The summed E-state index contributed by atoms with van der Waals surface area (Å²) in [5.74, 6) is -0.547. The standard InChI is InChI=1S/C28H34O6/c1-6-21(12-10-16-28(31,7-2)8-3)22-11-9-13-23(18-22)34-19-20-14-15-24(26(29)32-4)25(17-20)27(30)33-5/h9-18,31H,6-8,19H2,1-5H3/b16-10+,21-12+. The summed E-state index contributed by atoms with van der Waals surface area (Å²) in [6.45, 7) is 6.22. The molecule has 0 aliphatic carbocycles. The third-order valence-electron chi connectivity index (χ3n) is 5.81. The van der Waals surface area contributed by atoms with E-state index in [9.17, 15) is 14.7 Å². The van der Waals surface area contributed by atoms with Crippen LogP contribution in [0.3, 0.4) is 0 Å². The predicted octanol–water partition coefficient (Wildman–Crippen LogP) is 5.74. The van der Waals surface area contributed by atoms with Gasteiger partial charge in [-0.1, -0.05) is 57.2 Å². The number of ether oxygens (including phenoxy) is 3. The van der Waals surface area contributed by atoms with Crippen molar-refractivity contribution in [1.82, 2.24) is 0 Å². The van der Waals surface area contributed by atoms with Crippen molar-refractivity contribution in [3.63, 3.8) is 0 Å². The zero-order valence-electron chi connectivity index (χ0n) is 20.6. The average Bonchev–Trinajstić information content (AvgIpc) is 2.88. The summed E-state index contributed by atoms with van der Waals surface area (Å²) in [4.78, 5) is 24.1. The van der Waals surface area contributed by atoms with Crippen LogP contribution in [0.25, 0.3) is 5.57 Å². The molecule has 0 radical (unpaired) electrons. The number of hydrogen-bond donors (Lipinski definition) is 1. The van der Waals surface area contributed by atoms with Crippen molar-refractivity contribution in [2.24, 2.45) is 0 Å². The highest BCUT2D eigenvalue weighted by atomic mass is 16.5. The van der Waals surface area contributed by atoms with Crippen molar-refractivity contribution >= 4 is 17.5 Å². The fraction of sp³-hybridized carbons (Fsp3) is 0.357. The van der Waals surface area contributed by atoms with Crippen molar-refractivity contribution in [3.05, 3.63) is 82.9 Å². The van der Waals surface area contributed by atoms with Gasteiger partial charge >= 0.3 is 11.9 Å². The zero-order chi connectivity index (χ0) is 25.1. The molecule has 0 heterocycles. The minimum Gasteiger partial charge on any atom is -0.489 e. The summed E-state index contributed by atoms with van der Waals surface area (Å²) in [5.41, 5.74) is 2.35. The molecule has 0 spiro atoms. The monoisotopic (exact) mass is 466 g/mol. The van der Waals surface area contributed by atoms with E-state index in [-0.39, 0.29) is 17.7 Å². The van der Waals surface area contributed by atoms with Gasteiger partial charge in [0.15, 0.2) is 0 Å². The molecule has 2 rings (SSSR count). The number of carbonyl (C=O) groups is 2. The van der Waals surface area contributed by atoms with Gasteiger partial charge in [-0.15, -0.1) is 0 Å². The minimum atomic E-state index is -0.785. The van der Waals surface area contributed by atoms with E-state index < -0.39 is 17.5 Å². The van der Waals surface area contributed by atoms with E-state index in [0.717, 1.165) is 17.6 Å². The molecule has 0 atom stereocenters. The van der Waals surface area contributed by atoms with E-state index in [1.54, 1.807) is 12.1 Å². The molecule has 0 aliphatic rings. The van der Waals surface area contributed by atoms with Gasteiger partial charge in [0, 0.05) is 0 Å². The Balaban J connectivity index is 2.21. The molecule has 1 N–H and O–H groups in total. The zero-order valence-corrected chi connectivity index (χ0v) is 20.6. The highest BCUT2D eigenvalue weighted by molar-refractivity contribution is 6.03. The first-order valence-electron chi connectivity index (χ1n) is 11.4. The number of hydrogen-bond acceptors (Lipinski definition) is 6. The number of aliphatic hydroxyl groups is 1. The first kappa shape index (κ1) is 26.9. The number of methoxy groups -OCH3 is 2. The minimum absolute atomic E-state index is 0.131. The maximum absolute atomic E-state index is 12.1. The van der Waals surface area contributed by atoms with Crippen LogP contribution in [0.5, 0.6) is 5.75 Å². The SMILES string of the molecule is CC/C(=C\C=C\C(O)(CC)CC)c1cccc(OCc2ccc(C(=O)OC)c(C(=O)OC)c2)c1. The van der Waals surface area contributed by atoms with Crippen LogP contribution in [0.2, 0.25) is 0 Å². The summed E-state index contributed by atoms with van der Waals surface area (Å²) < 4.78 is 15.5. The number of benzene rings is 2. The molecule has 6 nitrogen and oxygen atoms in total. The Hall–Kier alpha value is -3.38. The van der Waals surface area contributed by atoms with Crippen molar-refractivity contribution in [3.8, 4) is 5.75 Å². The topological polar surface area (TPSA) is 82.1 Å². The molecule has 182 valence electrons. The number of allylic oxidation sites excluding steroid dienone is 3. The van der Waals surface area contributed by atoms with Gasteiger partial charge in [-0.2, -0.15) is 0 Å². The molecule has 0 saturated heterocycles. The Morgan fingerprint density at radius 3 is 2.24 bits per heavy atom. The lowest BCUT2D eigenvalue weighted by Gasteiger charge is -2.20. The summed E-state index contributed by atoms with van der Waals surface area (Å²) in [5, 5.41) is 10.4. The van der Waals surface area contributed by atoms with E-state index in [0.29, 0.717) is 24.2 Å². The fourth-order valence-corrected chi connectivity index (χ4v) is 3.45. The van der Waals surface area contributed by atoms with E-state index >= 15 is 0 Å². The molecule has 0 aromatic heterocycles. The van der Waals surface area contributed by atoms with Gasteiger partial charge in [0.1, 0.15) is 12.4 Å². The quantitative estimate of drug-likeness (QED) is 0.336. The molecule has 2 aromatic carbocycles. The van der Waals surface area contributed by atoms with Crippen LogP contribution in [0, 0.1) is 0 Å². The first-order chi connectivity index (χ1) is 16.3. The van der Waals surface area contributed by atoms with Gasteiger partial charge < -0.3 is 19.3 Å². The van der Waals surface area contributed by atoms with Crippen LogP contribution < -0.4 is 4.74 Å². The Labute approximate surface area is 201 Å². The van der Waals surface area contributed by atoms with Gasteiger partial charge in [0.2, 0.25) is 0 Å². The van der Waals surface area contributed by atoms with E-state index in [1.807, 2.05) is 56.3 Å². The van der Waals surface area contributed by atoms with Crippen molar-refractivity contribution in [2.45, 2.75) is 52.2 Å². The summed E-state index contributed by atoms with van der Waals surface area (Å²) in [6.07, 6.45) is 7.93. The Morgan fingerprint density at radius 1 is 0.941 bits per heavy atom. The highest BCUT2D eigenvalue weighted by Crippen LogP contribution is 2.25. The van der Waals surface area contributed by atoms with Crippen molar-refractivity contribution in [2.75, 3.05) is 14.2 Å². The van der Waals surface area contributed by atoms with Gasteiger partial charge in [0.25, 0.3) is 0 Å². The molecule has 0 bridgehead atoms. The lowest BCUT2D eigenvalue weighted by molar-refractivity contribution is 0.0555. The molecule has 0 unspecified atom stereocenters. The second-order valence-electron chi connectivity index (χ2n) is 7.89. The van der Waals surface area contributed by atoms with E-state index in [2.05, 4.69) is 6.92 Å². The fourth-order valence-electron chi connectivity index (χ4n) is 3.45. The second kappa shape index (κ2) is 12.8. The maximum Gasteiger partial charge on any atom is 0.338 e. The largest absolute Gasteiger partial charge is 0.489 e. The molecule has 0 aliphatic heterocycles. The number of rotatable bonds is 11. The smallest absolute Gasteiger partial charge is 0.338 e. The van der Waals surface area contributed by atoms with Crippen molar-refractivity contribution < 1.29 is 28.9 Å². The van der Waals surface area contributed by atoms with E-state index in [4.69, 9.17) is 14.2 Å². The Kier molecular flexibility index (Phi) is 10.1. The van der Waals surface area contributed by atoms with Gasteiger partial charge in [-0.25, -0.2) is 9.59 Å². The molecule has 2 aromatic rings. The average molecular weight is 467 g/mol. The first-order valence-corrected chi connectivity index (χ1v) is 11.4. The van der Waals surface area contributed by atoms with Gasteiger partial charge in [-0.05, 0) is 60.2 Å². The van der Waals surface area contributed by atoms with Crippen LogP contribution in [0.4, 0.5) is 0 Å². The van der Waals surface area contributed by atoms with Crippen LogP contribution in [0.15, 0.2) is 60.7 Å². The molecule has 6 heteroatoms. The van der Waals surface area contributed by atoms with Crippen LogP contribution in [-0.2, 0) is 16.1 Å².